The molecule has 1 aliphatic heterocycles. The Kier molecular flexibility index (Phi) is 3.74. The van der Waals surface area contributed by atoms with Crippen LogP contribution in [0.4, 0.5) is 5.95 Å². The van der Waals surface area contributed by atoms with Gasteiger partial charge in [0.1, 0.15) is 5.82 Å². The molecule has 0 aromatic carbocycles. The van der Waals surface area contributed by atoms with Crippen molar-refractivity contribution >= 4 is 5.95 Å². The van der Waals surface area contributed by atoms with Gasteiger partial charge in [-0.2, -0.15) is 4.98 Å². The summed E-state index contributed by atoms with van der Waals surface area (Å²) in [6.45, 7) is 2.56. The number of piperidine rings is 1. The molecule has 0 aliphatic carbocycles. The summed E-state index contributed by atoms with van der Waals surface area (Å²) in [6.07, 6.45) is 2.81. The average molecular weight is 225 g/mol. The lowest BCUT2D eigenvalue weighted by atomic mass is 10.1. The topological polar surface area (TPSA) is 80.1 Å². The Morgan fingerprint density at radius 3 is 2.94 bits per heavy atom. The lowest BCUT2D eigenvalue weighted by molar-refractivity contribution is 0.200. The smallest absolute Gasteiger partial charge is 0.244 e. The van der Waals surface area contributed by atoms with Gasteiger partial charge in [-0.05, 0) is 12.8 Å². The molecule has 0 unspecified atom stereocenters. The average Bonchev–Trinajstić information content (AvgIpc) is 2.76. The number of hydrogen-bond donors (Lipinski definition) is 2. The first kappa shape index (κ1) is 11.3. The predicted molar refractivity (Wildman–Crippen MR) is 61.4 cm³/mol. The highest BCUT2D eigenvalue weighted by Crippen LogP contribution is 2.14. The summed E-state index contributed by atoms with van der Waals surface area (Å²) in [7, 11) is 1.68. The van der Waals surface area contributed by atoms with Crippen LogP contribution in [-0.2, 0) is 11.2 Å². The molecule has 1 fully saturated rings. The van der Waals surface area contributed by atoms with E-state index in [4.69, 9.17) is 10.5 Å². The highest BCUT2D eigenvalue weighted by molar-refractivity contribution is 5.29. The third-order valence-electron chi connectivity index (χ3n) is 2.89. The monoisotopic (exact) mass is 225 g/mol. The minimum atomic E-state index is 0.336. The van der Waals surface area contributed by atoms with Gasteiger partial charge in [-0.1, -0.05) is 0 Å². The van der Waals surface area contributed by atoms with Crippen molar-refractivity contribution < 1.29 is 4.74 Å². The molecule has 0 amide bonds. The highest BCUT2D eigenvalue weighted by Gasteiger charge is 2.19. The van der Waals surface area contributed by atoms with Gasteiger partial charge in [0, 0.05) is 32.7 Å². The molecule has 1 aliphatic rings. The van der Waals surface area contributed by atoms with Crippen LogP contribution in [0, 0.1) is 0 Å². The summed E-state index contributed by atoms with van der Waals surface area (Å²) in [5, 5.41) is 7.15. The van der Waals surface area contributed by atoms with Gasteiger partial charge in [-0.3, -0.25) is 5.10 Å². The molecule has 2 rings (SSSR count). The second kappa shape index (κ2) is 5.27. The van der Waals surface area contributed by atoms with Gasteiger partial charge in [0.25, 0.3) is 0 Å². The fraction of sp³-hybridized carbons (Fsp3) is 0.800. The van der Waals surface area contributed by atoms with Crippen molar-refractivity contribution in [3.05, 3.63) is 5.82 Å². The van der Waals surface area contributed by atoms with E-state index >= 15 is 0 Å². The summed E-state index contributed by atoms with van der Waals surface area (Å²) in [6, 6.07) is 0.336. The van der Waals surface area contributed by atoms with Crippen molar-refractivity contribution in [2.45, 2.75) is 25.3 Å². The van der Waals surface area contributed by atoms with Crippen LogP contribution in [0.2, 0.25) is 0 Å². The maximum Gasteiger partial charge on any atom is 0.244 e. The van der Waals surface area contributed by atoms with Gasteiger partial charge < -0.3 is 15.4 Å². The summed E-state index contributed by atoms with van der Waals surface area (Å²) >= 11 is 0. The SMILES string of the molecule is COCCc1nc(N2CCC(N)CC2)n[nH]1. The Labute approximate surface area is 95.2 Å². The molecule has 1 aromatic rings. The molecule has 2 heterocycles. The number of H-pyrrole nitrogens is 1. The Morgan fingerprint density at radius 1 is 1.50 bits per heavy atom. The third kappa shape index (κ3) is 2.70. The zero-order chi connectivity index (χ0) is 11.4. The van der Waals surface area contributed by atoms with Gasteiger partial charge in [-0.15, -0.1) is 5.10 Å². The molecule has 16 heavy (non-hydrogen) atoms. The number of anilines is 1. The molecular formula is C10H19N5O. The molecule has 0 saturated carbocycles. The van der Waals surface area contributed by atoms with Gasteiger partial charge >= 0.3 is 0 Å². The second-order valence-electron chi connectivity index (χ2n) is 4.15. The van der Waals surface area contributed by atoms with Crippen LogP contribution in [0.25, 0.3) is 0 Å². The number of nitrogens with two attached hydrogens (primary N) is 1. The molecule has 0 bridgehead atoms. The molecule has 3 N–H and O–H groups in total. The maximum atomic E-state index is 5.85. The summed E-state index contributed by atoms with van der Waals surface area (Å²) in [5.74, 6) is 1.67. The van der Waals surface area contributed by atoms with Gasteiger partial charge in [0.05, 0.1) is 6.61 Å². The van der Waals surface area contributed by atoms with Crippen molar-refractivity contribution in [3.63, 3.8) is 0 Å². The van der Waals surface area contributed by atoms with Crippen molar-refractivity contribution in [3.8, 4) is 0 Å². The predicted octanol–water partition coefficient (Wildman–Crippen LogP) is -0.0789. The van der Waals surface area contributed by atoms with Crippen LogP contribution in [0.15, 0.2) is 0 Å². The number of nitrogens with one attached hydrogen (secondary N) is 1. The largest absolute Gasteiger partial charge is 0.384 e. The second-order valence-corrected chi connectivity index (χ2v) is 4.15. The number of rotatable bonds is 4. The number of ether oxygens (including phenoxy) is 1. The summed E-state index contributed by atoms with van der Waals surface area (Å²) in [5.41, 5.74) is 5.85. The molecule has 6 heteroatoms. The van der Waals surface area contributed by atoms with Gasteiger partial charge in [0.15, 0.2) is 0 Å². The number of aromatic nitrogens is 3. The Hall–Kier alpha value is -1.14. The van der Waals surface area contributed by atoms with Crippen molar-refractivity contribution in [1.29, 1.82) is 0 Å². The zero-order valence-corrected chi connectivity index (χ0v) is 9.65. The Balaban J connectivity index is 1.91. The van der Waals surface area contributed by atoms with Crippen LogP contribution in [0.3, 0.4) is 0 Å². The van der Waals surface area contributed by atoms with Crippen molar-refractivity contribution in [2.24, 2.45) is 5.73 Å². The van der Waals surface area contributed by atoms with E-state index in [0.717, 1.165) is 44.1 Å². The highest BCUT2D eigenvalue weighted by atomic mass is 16.5. The molecule has 0 atom stereocenters. The van der Waals surface area contributed by atoms with Crippen LogP contribution in [0.5, 0.6) is 0 Å². The van der Waals surface area contributed by atoms with Crippen molar-refractivity contribution in [1.82, 2.24) is 15.2 Å². The minimum Gasteiger partial charge on any atom is -0.384 e. The number of methoxy groups -OCH3 is 1. The quantitative estimate of drug-likeness (QED) is 0.749. The Morgan fingerprint density at radius 2 is 2.25 bits per heavy atom. The first-order chi connectivity index (χ1) is 7.79. The minimum absolute atomic E-state index is 0.336. The number of hydrogen-bond acceptors (Lipinski definition) is 5. The van der Waals surface area contributed by atoms with E-state index < -0.39 is 0 Å². The number of nitrogens with zero attached hydrogens (tertiary/aromatic N) is 3. The Bertz CT molecular complexity index is 319. The van der Waals surface area contributed by atoms with E-state index in [1.54, 1.807) is 7.11 Å². The van der Waals surface area contributed by atoms with E-state index in [0.29, 0.717) is 12.6 Å². The van der Waals surface area contributed by atoms with E-state index in [1.807, 2.05) is 0 Å². The van der Waals surface area contributed by atoms with Gasteiger partial charge in [0.2, 0.25) is 5.95 Å². The fourth-order valence-corrected chi connectivity index (χ4v) is 1.84. The molecular weight excluding hydrogens is 206 g/mol. The molecule has 90 valence electrons. The van der Waals surface area contributed by atoms with E-state index in [9.17, 15) is 0 Å². The van der Waals surface area contributed by atoms with E-state index in [1.165, 1.54) is 0 Å². The number of aromatic amines is 1. The molecule has 0 spiro atoms. The lowest BCUT2D eigenvalue weighted by Gasteiger charge is -2.28. The summed E-state index contributed by atoms with van der Waals surface area (Å²) < 4.78 is 5.00. The first-order valence-electron chi connectivity index (χ1n) is 5.70. The van der Waals surface area contributed by atoms with Crippen LogP contribution >= 0.6 is 0 Å². The fourth-order valence-electron chi connectivity index (χ4n) is 1.84. The lowest BCUT2D eigenvalue weighted by Crippen LogP contribution is -2.40. The van der Waals surface area contributed by atoms with Crippen LogP contribution in [0.1, 0.15) is 18.7 Å². The van der Waals surface area contributed by atoms with Gasteiger partial charge in [-0.25, -0.2) is 0 Å². The molecule has 1 aromatic heterocycles. The third-order valence-corrected chi connectivity index (χ3v) is 2.89. The molecule has 0 radical (unpaired) electrons. The summed E-state index contributed by atoms with van der Waals surface area (Å²) in [4.78, 5) is 6.61. The zero-order valence-electron chi connectivity index (χ0n) is 9.65. The molecule has 6 nitrogen and oxygen atoms in total. The van der Waals surface area contributed by atoms with Crippen LogP contribution in [-0.4, -0.2) is 48.0 Å². The normalized spacial score (nSPS) is 18.0. The standard InChI is InChI=1S/C10H19N5O/c1-16-7-4-9-12-10(14-13-9)15-5-2-8(11)3-6-15/h8H,2-7,11H2,1H3,(H,12,13,14). The van der Waals surface area contributed by atoms with Crippen LogP contribution < -0.4 is 10.6 Å². The van der Waals surface area contributed by atoms with E-state index in [-0.39, 0.29) is 0 Å². The maximum absolute atomic E-state index is 5.85. The first-order valence-corrected chi connectivity index (χ1v) is 5.70. The van der Waals surface area contributed by atoms with E-state index in [2.05, 4.69) is 20.1 Å². The van der Waals surface area contributed by atoms with Crippen molar-refractivity contribution in [2.75, 3.05) is 31.7 Å². The molecule has 1 saturated heterocycles.